The molecule has 3 aliphatic heterocycles. The van der Waals surface area contributed by atoms with Crippen LogP contribution in [0.25, 0.3) is 0 Å². The van der Waals surface area contributed by atoms with Crippen molar-refractivity contribution in [2.75, 3.05) is 7.05 Å². The van der Waals surface area contributed by atoms with E-state index in [0.717, 1.165) is 16.5 Å². The smallest absolute Gasteiger partial charge is 0.273 e. The Morgan fingerprint density at radius 1 is 1.08 bits per heavy atom. The molecule has 9 heteroatoms. The first-order valence-electron chi connectivity index (χ1n) is 7.99. The number of fused-ring (bicyclic) bond motifs is 1. The first-order valence-corrected chi connectivity index (χ1v) is 9.43. The maximum Gasteiger partial charge on any atom is 0.273 e. The number of carbonyl (C=O) groups is 3. The van der Waals surface area contributed by atoms with Gasteiger partial charge in [-0.1, -0.05) is 23.8 Å². The molecule has 3 heterocycles. The Balaban J connectivity index is 1.87. The molecule has 8 nitrogen and oxygen atoms in total. The predicted molar refractivity (Wildman–Crippen MR) is 87.8 cm³/mol. The second-order valence-corrected chi connectivity index (χ2v) is 8.65. The molecule has 2 bridgehead atoms. The fourth-order valence-electron chi connectivity index (χ4n) is 3.94. The SMILES string of the molecule is Cc1ccc(S(=O)(=O)N2C(=O)C3(O)C=CC2C2C(=O)N(C)C(=O)C23)cc1. The molecule has 5 rings (SSSR count). The normalized spacial score (nSPS) is 33.2. The number of imide groups is 1. The van der Waals surface area contributed by atoms with Gasteiger partial charge < -0.3 is 5.11 Å². The summed E-state index contributed by atoms with van der Waals surface area (Å²) in [5.74, 6) is -4.82. The van der Waals surface area contributed by atoms with Crippen LogP contribution in [-0.4, -0.2) is 59.1 Å². The largest absolute Gasteiger partial charge is 0.375 e. The van der Waals surface area contributed by atoms with Crippen LogP contribution < -0.4 is 0 Å². The van der Waals surface area contributed by atoms with E-state index in [-0.39, 0.29) is 4.90 Å². The van der Waals surface area contributed by atoms with Gasteiger partial charge in [-0.05, 0) is 25.1 Å². The van der Waals surface area contributed by atoms with Crippen LogP contribution in [0.15, 0.2) is 41.3 Å². The molecule has 136 valence electrons. The number of benzene rings is 1. The van der Waals surface area contributed by atoms with Gasteiger partial charge in [-0.2, -0.15) is 0 Å². The molecule has 0 spiro atoms. The number of rotatable bonds is 2. The zero-order chi connectivity index (χ0) is 19.0. The predicted octanol–water partition coefficient (Wildman–Crippen LogP) is -0.574. The lowest BCUT2D eigenvalue weighted by Gasteiger charge is -2.48. The van der Waals surface area contributed by atoms with Crippen LogP contribution in [-0.2, 0) is 24.4 Å². The van der Waals surface area contributed by atoms with Crippen molar-refractivity contribution in [2.24, 2.45) is 11.8 Å². The number of nitrogens with zero attached hydrogens (tertiary/aromatic N) is 2. The average molecular weight is 376 g/mol. The standard InChI is InChI=1S/C17H16N2O6S/c1-9-3-5-10(6-4-9)26(24,25)19-11-7-8-17(23,16(19)22)13-12(11)14(20)18(2)15(13)21/h3-8,11-13,23H,1-2H3. The molecule has 0 radical (unpaired) electrons. The molecule has 1 N–H and O–H groups in total. The van der Waals surface area contributed by atoms with Crippen molar-refractivity contribution in [3.8, 4) is 0 Å². The first-order chi connectivity index (χ1) is 12.1. The van der Waals surface area contributed by atoms with Crippen LogP contribution in [0.3, 0.4) is 0 Å². The molecular formula is C17H16N2O6S. The van der Waals surface area contributed by atoms with E-state index < -0.39 is 51.2 Å². The Morgan fingerprint density at radius 3 is 2.31 bits per heavy atom. The highest BCUT2D eigenvalue weighted by atomic mass is 32.2. The highest BCUT2D eigenvalue weighted by Gasteiger charge is 2.69. The van der Waals surface area contributed by atoms with E-state index in [2.05, 4.69) is 0 Å². The molecule has 3 amide bonds. The van der Waals surface area contributed by atoms with Gasteiger partial charge in [-0.3, -0.25) is 19.3 Å². The molecule has 2 saturated heterocycles. The molecule has 26 heavy (non-hydrogen) atoms. The lowest BCUT2D eigenvalue weighted by Crippen LogP contribution is -2.69. The van der Waals surface area contributed by atoms with Crippen LogP contribution in [0.2, 0.25) is 0 Å². The second kappa shape index (κ2) is 5.01. The summed E-state index contributed by atoms with van der Waals surface area (Å²) < 4.78 is 26.6. The third-order valence-corrected chi connectivity index (χ3v) is 7.15. The molecule has 4 atom stereocenters. The number of carbonyl (C=O) groups excluding carboxylic acids is 3. The first kappa shape index (κ1) is 16.9. The summed E-state index contributed by atoms with van der Waals surface area (Å²) in [6.07, 6.45) is 2.45. The molecule has 4 aliphatic rings. The molecule has 2 fully saturated rings. The second-order valence-electron chi connectivity index (χ2n) is 6.83. The summed E-state index contributed by atoms with van der Waals surface area (Å²) in [6, 6.07) is 4.75. The minimum atomic E-state index is -4.30. The Labute approximate surface area is 149 Å². The third kappa shape index (κ3) is 1.87. The monoisotopic (exact) mass is 376 g/mol. The molecule has 1 aliphatic carbocycles. The van der Waals surface area contributed by atoms with Gasteiger partial charge in [0.1, 0.15) is 0 Å². The van der Waals surface area contributed by atoms with Crippen molar-refractivity contribution >= 4 is 27.7 Å². The van der Waals surface area contributed by atoms with E-state index in [1.807, 2.05) is 0 Å². The highest BCUT2D eigenvalue weighted by Crippen LogP contribution is 2.49. The van der Waals surface area contributed by atoms with Crippen LogP contribution in [0.5, 0.6) is 0 Å². The lowest BCUT2D eigenvalue weighted by atomic mass is 9.68. The van der Waals surface area contributed by atoms with Crippen molar-refractivity contribution in [3.05, 3.63) is 42.0 Å². The van der Waals surface area contributed by atoms with Gasteiger partial charge in [0.25, 0.3) is 15.9 Å². The minimum absolute atomic E-state index is 0.123. The van der Waals surface area contributed by atoms with E-state index in [1.165, 1.54) is 25.3 Å². The van der Waals surface area contributed by atoms with Crippen molar-refractivity contribution in [1.29, 1.82) is 0 Å². The number of sulfonamides is 1. The van der Waals surface area contributed by atoms with E-state index in [0.29, 0.717) is 4.31 Å². The van der Waals surface area contributed by atoms with Gasteiger partial charge in [0.05, 0.1) is 22.8 Å². The molecule has 4 unspecified atom stereocenters. The van der Waals surface area contributed by atoms with E-state index in [4.69, 9.17) is 0 Å². The van der Waals surface area contributed by atoms with Gasteiger partial charge in [0, 0.05) is 7.05 Å². The van der Waals surface area contributed by atoms with Crippen molar-refractivity contribution in [1.82, 2.24) is 9.21 Å². The maximum absolute atomic E-state index is 13.0. The summed E-state index contributed by atoms with van der Waals surface area (Å²) in [7, 11) is -3.04. The van der Waals surface area contributed by atoms with E-state index in [9.17, 15) is 27.9 Å². The Bertz CT molecular complexity index is 983. The Morgan fingerprint density at radius 2 is 1.69 bits per heavy atom. The van der Waals surface area contributed by atoms with Crippen molar-refractivity contribution in [2.45, 2.75) is 23.5 Å². The third-order valence-electron chi connectivity index (χ3n) is 5.35. The van der Waals surface area contributed by atoms with Crippen LogP contribution in [0, 0.1) is 18.8 Å². The number of piperidine rings is 1. The average Bonchev–Trinajstić information content (AvgIpc) is 2.83. The van der Waals surface area contributed by atoms with Gasteiger partial charge in [-0.15, -0.1) is 0 Å². The minimum Gasteiger partial charge on any atom is -0.375 e. The van der Waals surface area contributed by atoms with Crippen molar-refractivity contribution < 1.29 is 27.9 Å². The summed E-state index contributed by atoms with van der Waals surface area (Å²) in [4.78, 5) is 38.4. The molecule has 0 aromatic heterocycles. The summed E-state index contributed by atoms with van der Waals surface area (Å²) in [5.41, 5.74) is -1.51. The van der Waals surface area contributed by atoms with Crippen LogP contribution in [0.1, 0.15) is 5.56 Å². The number of hydrogen-bond acceptors (Lipinski definition) is 6. The molecule has 1 aromatic rings. The molecule has 1 aromatic carbocycles. The summed E-state index contributed by atoms with van der Waals surface area (Å²) in [6.45, 7) is 1.79. The number of hydrogen-bond donors (Lipinski definition) is 1. The number of aryl methyl sites for hydroxylation is 1. The van der Waals surface area contributed by atoms with Crippen LogP contribution >= 0.6 is 0 Å². The van der Waals surface area contributed by atoms with Crippen molar-refractivity contribution in [3.63, 3.8) is 0 Å². The fourth-order valence-corrected chi connectivity index (χ4v) is 5.54. The quantitative estimate of drug-likeness (QED) is 0.546. The highest BCUT2D eigenvalue weighted by molar-refractivity contribution is 7.89. The summed E-state index contributed by atoms with van der Waals surface area (Å²) in [5, 5.41) is 10.8. The van der Waals surface area contributed by atoms with Gasteiger partial charge in [0.2, 0.25) is 11.8 Å². The fraction of sp³-hybridized carbons (Fsp3) is 0.353. The molecule has 0 saturated carbocycles. The Kier molecular flexibility index (Phi) is 3.26. The van der Waals surface area contributed by atoms with Crippen LogP contribution in [0.4, 0.5) is 0 Å². The van der Waals surface area contributed by atoms with E-state index >= 15 is 0 Å². The lowest BCUT2D eigenvalue weighted by molar-refractivity contribution is -0.165. The van der Waals surface area contributed by atoms with E-state index in [1.54, 1.807) is 19.1 Å². The van der Waals surface area contributed by atoms with Gasteiger partial charge in [-0.25, -0.2) is 12.7 Å². The topological polar surface area (TPSA) is 112 Å². The number of aliphatic hydroxyl groups is 1. The zero-order valence-corrected chi connectivity index (χ0v) is 14.8. The number of likely N-dealkylation sites (tertiary alicyclic amines) is 1. The maximum atomic E-state index is 13.0. The number of amides is 3. The zero-order valence-electron chi connectivity index (χ0n) is 14.0. The Hall–Kier alpha value is -2.52. The van der Waals surface area contributed by atoms with Gasteiger partial charge in [0.15, 0.2) is 5.60 Å². The summed E-state index contributed by atoms with van der Waals surface area (Å²) >= 11 is 0. The van der Waals surface area contributed by atoms with Gasteiger partial charge >= 0.3 is 0 Å². The molecular weight excluding hydrogens is 360 g/mol.